The van der Waals surface area contributed by atoms with Crippen LogP contribution in [0.15, 0.2) is 24.3 Å². The highest BCUT2D eigenvalue weighted by atomic mass is 16.6. The molecule has 24 heavy (non-hydrogen) atoms. The molecule has 0 spiro atoms. The molecule has 2 fully saturated rings. The van der Waals surface area contributed by atoms with Gasteiger partial charge in [-0.15, -0.1) is 0 Å². The second kappa shape index (κ2) is 8.46. The predicted molar refractivity (Wildman–Crippen MR) is 90.0 cm³/mol. The van der Waals surface area contributed by atoms with Gasteiger partial charge in [-0.25, -0.2) is 0 Å². The van der Waals surface area contributed by atoms with Crippen molar-refractivity contribution in [1.29, 1.82) is 0 Å². The molecule has 132 valence electrons. The molecule has 0 radical (unpaired) electrons. The number of nitrogens with one attached hydrogen (secondary N) is 1. The number of nitrogens with zero attached hydrogens (tertiary/aromatic N) is 1. The molecule has 2 saturated heterocycles. The first-order chi connectivity index (χ1) is 11.7. The molecule has 2 heterocycles. The molecule has 2 aliphatic rings. The second-order valence-corrected chi connectivity index (χ2v) is 6.34. The molecule has 0 unspecified atom stereocenters. The zero-order valence-electron chi connectivity index (χ0n) is 14.2. The van der Waals surface area contributed by atoms with Crippen molar-refractivity contribution in [2.24, 2.45) is 0 Å². The molecule has 0 saturated carbocycles. The van der Waals surface area contributed by atoms with Crippen LogP contribution < -0.4 is 10.1 Å². The highest BCUT2D eigenvalue weighted by molar-refractivity contribution is 5.81. The van der Waals surface area contributed by atoms with Crippen molar-refractivity contribution >= 4 is 5.91 Å². The van der Waals surface area contributed by atoms with Crippen LogP contribution in [0.4, 0.5) is 0 Å². The van der Waals surface area contributed by atoms with E-state index < -0.39 is 6.10 Å². The first-order valence-corrected chi connectivity index (χ1v) is 8.59. The van der Waals surface area contributed by atoms with Crippen LogP contribution in [0.1, 0.15) is 18.4 Å². The molecule has 0 aromatic heterocycles. The van der Waals surface area contributed by atoms with E-state index in [-0.39, 0.29) is 11.9 Å². The summed E-state index contributed by atoms with van der Waals surface area (Å²) in [5.74, 6) is 0.852. The maximum Gasteiger partial charge on any atom is 0.251 e. The molecule has 1 amide bonds. The number of ether oxygens (including phenoxy) is 3. The van der Waals surface area contributed by atoms with Gasteiger partial charge < -0.3 is 19.5 Å². The van der Waals surface area contributed by atoms with Crippen molar-refractivity contribution in [2.45, 2.75) is 31.5 Å². The second-order valence-electron chi connectivity index (χ2n) is 6.34. The lowest BCUT2D eigenvalue weighted by atomic mass is 10.0. The average molecular weight is 334 g/mol. The standard InChI is InChI=1S/C18H26N2O4/c1-22-16-4-2-3-14(11-16)12-20-7-5-15(6-8-20)19-18(21)17-13-23-9-10-24-17/h2-4,11,15,17H,5-10,12-13H2,1H3,(H,19,21)/t17-/m1/s1. The molecule has 1 aromatic rings. The van der Waals surface area contributed by atoms with E-state index in [0.717, 1.165) is 38.2 Å². The SMILES string of the molecule is COc1cccc(CN2CCC(NC(=O)[C@H]3COCCO3)CC2)c1. The first kappa shape index (κ1) is 17.2. The number of methoxy groups -OCH3 is 1. The lowest BCUT2D eigenvalue weighted by Crippen LogP contribution is -2.50. The third kappa shape index (κ3) is 4.69. The molecule has 6 nitrogen and oxygen atoms in total. The van der Waals surface area contributed by atoms with Crippen LogP contribution in [0.25, 0.3) is 0 Å². The van der Waals surface area contributed by atoms with Gasteiger partial charge in [0.1, 0.15) is 5.75 Å². The Hall–Kier alpha value is -1.63. The summed E-state index contributed by atoms with van der Waals surface area (Å²) in [5.41, 5.74) is 1.25. The average Bonchev–Trinajstić information content (AvgIpc) is 2.64. The van der Waals surface area contributed by atoms with Gasteiger partial charge >= 0.3 is 0 Å². The Labute approximate surface area is 143 Å². The molecule has 6 heteroatoms. The number of rotatable bonds is 5. The quantitative estimate of drug-likeness (QED) is 0.877. The molecule has 1 aromatic carbocycles. The third-order valence-electron chi connectivity index (χ3n) is 4.58. The summed E-state index contributed by atoms with van der Waals surface area (Å²) in [4.78, 5) is 14.6. The Morgan fingerprint density at radius 2 is 2.17 bits per heavy atom. The highest BCUT2D eigenvalue weighted by Crippen LogP contribution is 2.18. The van der Waals surface area contributed by atoms with Crippen LogP contribution in [0.2, 0.25) is 0 Å². The largest absolute Gasteiger partial charge is 0.497 e. The fourth-order valence-electron chi connectivity index (χ4n) is 3.20. The number of carbonyl (C=O) groups excluding carboxylic acids is 1. The molecule has 0 bridgehead atoms. The monoisotopic (exact) mass is 334 g/mol. The van der Waals surface area contributed by atoms with Crippen LogP contribution in [0.3, 0.4) is 0 Å². The molecule has 0 aliphatic carbocycles. The summed E-state index contributed by atoms with van der Waals surface area (Å²) in [6.07, 6.45) is 1.47. The van der Waals surface area contributed by atoms with Crippen molar-refractivity contribution in [1.82, 2.24) is 10.2 Å². The fraction of sp³-hybridized carbons (Fsp3) is 0.611. The number of amides is 1. The zero-order chi connectivity index (χ0) is 16.8. The topological polar surface area (TPSA) is 60.0 Å². The van der Waals surface area contributed by atoms with E-state index in [1.807, 2.05) is 12.1 Å². The summed E-state index contributed by atoms with van der Waals surface area (Å²) < 4.78 is 16.0. The van der Waals surface area contributed by atoms with E-state index in [9.17, 15) is 4.79 Å². The molecule has 2 aliphatic heterocycles. The van der Waals surface area contributed by atoms with Crippen LogP contribution in [-0.2, 0) is 20.8 Å². The number of piperidine rings is 1. The van der Waals surface area contributed by atoms with E-state index in [1.54, 1.807) is 7.11 Å². The molecule has 3 rings (SSSR count). The Bertz CT molecular complexity index is 538. The summed E-state index contributed by atoms with van der Waals surface area (Å²) in [6, 6.07) is 8.41. The van der Waals surface area contributed by atoms with Gasteiger partial charge in [-0.05, 0) is 30.5 Å². The van der Waals surface area contributed by atoms with E-state index in [0.29, 0.717) is 19.8 Å². The summed E-state index contributed by atoms with van der Waals surface area (Å²) in [6.45, 7) is 4.30. The van der Waals surface area contributed by atoms with Gasteiger partial charge in [-0.2, -0.15) is 0 Å². The minimum absolute atomic E-state index is 0.0408. The van der Waals surface area contributed by atoms with Crippen molar-refractivity contribution < 1.29 is 19.0 Å². The maximum atomic E-state index is 12.2. The normalized spacial score (nSPS) is 23.0. The number of likely N-dealkylation sites (tertiary alicyclic amines) is 1. The van der Waals surface area contributed by atoms with Crippen LogP contribution in [0.5, 0.6) is 5.75 Å². The number of hydrogen-bond donors (Lipinski definition) is 1. The Morgan fingerprint density at radius 3 is 2.88 bits per heavy atom. The summed E-state index contributed by atoms with van der Waals surface area (Å²) >= 11 is 0. The zero-order valence-corrected chi connectivity index (χ0v) is 14.2. The van der Waals surface area contributed by atoms with Crippen molar-refractivity contribution in [3.05, 3.63) is 29.8 Å². The van der Waals surface area contributed by atoms with E-state index >= 15 is 0 Å². The van der Waals surface area contributed by atoms with Crippen molar-refractivity contribution in [2.75, 3.05) is 40.0 Å². The minimum atomic E-state index is -0.450. The van der Waals surface area contributed by atoms with Crippen molar-refractivity contribution in [3.8, 4) is 5.75 Å². The summed E-state index contributed by atoms with van der Waals surface area (Å²) in [7, 11) is 1.69. The van der Waals surface area contributed by atoms with Crippen molar-refractivity contribution in [3.63, 3.8) is 0 Å². The molecular formula is C18H26N2O4. The van der Waals surface area contributed by atoms with Gasteiger partial charge in [-0.1, -0.05) is 12.1 Å². The van der Waals surface area contributed by atoms with Gasteiger partial charge in [-0.3, -0.25) is 9.69 Å². The lowest BCUT2D eigenvalue weighted by molar-refractivity contribution is -0.148. The van der Waals surface area contributed by atoms with Crippen LogP contribution in [-0.4, -0.2) is 63.0 Å². The van der Waals surface area contributed by atoms with Crippen LogP contribution >= 0.6 is 0 Å². The Kier molecular flexibility index (Phi) is 6.07. The smallest absolute Gasteiger partial charge is 0.251 e. The van der Waals surface area contributed by atoms with E-state index in [4.69, 9.17) is 14.2 Å². The van der Waals surface area contributed by atoms with Gasteiger partial charge in [0.2, 0.25) is 0 Å². The molecular weight excluding hydrogens is 308 g/mol. The molecule has 1 atom stereocenters. The number of hydrogen-bond acceptors (Lipinski definition) is 5. The van der Waals surface area contributed by atoms with Gasteiger partial charge in [0.15, 0.2) is 6.10 Å². The number of carbonyl (C=O) groups is 1. The maximum absolute atomic E-state index is 12.2. The summed E-state index contributed by atoms with van der Waals surface area (Å²) in [5, 5.41) is 3.10. The Morgan fingerprint density at radius 1 is 1.33 bits per heavy atom. The van der Waals surface area contributed by atoms with Crippen LogP contribution in [0, 0.1) is 0 Å². The highest BCUT2D eigenvalue weighted by Gasteiger charge is 2.26. The van der Waals surface area contributed by atoms with E-state index in [2.05, 4.69) is 22.3 Å². The minimum Gasteiger partial charge on any atom is -0.497 e. The first-order valence-electron chi connectivity index (χ1n) is 8.59. The van der Waals surface area contributed by atoms with Gasteiger partial charge in [0.05, 0.1) is 26.9 Å². The van der Waals surface area contributed by atoms with Gasteiger partial charge in [0.25, 0.3) is 5.91 Å². The fourth-order valence-corrected chi connectivity index (χ4v) is 3.20. The third-order valence-corrected chi connectivity index (χ3v) is 4.58. The molecule has 1 N–H and O–H groups in total. The van der Waals surface area contributed by atoms with E-state index in [1.165, 1.54) is 5.56 Å². The lowest BCUT2D eigenvalue weighted by Gasteiger charge is -2.33. The Balaban J connectivity index is 1.42. The van der Waals surface area contributed by atoms with Gasteiger partial charge in [0, 0.05) is 25.7 Å². The predicted octanol–water partition coefficient (Wildman–Crippen LogP) is 1.19. The number of benzene rings is 1.